The van der Waals surface area contributed by atoms with Crippen molar-refractivity contribution < 1.29 is 4.79 Å². The van der Waals surface area contributed by atoms with Gasteiger partial charge in [0.2, 0.25) is 0 Å². The van der Waals surface area contributed by atoms with Gasteiger partial charge >= 0.3 is 6.03 Å². The Morgan fingerprint density at radius 2 is 2.18 bits per heavy atom. The van der Waals surface area contributed by atoms with Crippen molar-refractivity contribution in [1.29, 1.82) is 0 Å². The molecule has 0 aromatic heterocycles. The average molecular weight is 235 g/mol. The maximum atomic E-state index is 11.5. The van der Waals surface area contributed by atoms with Crippen LogP contribution in [0.1, 0.15) is 26.7 Å². The minimum absolute atomic E-state index is 0.181. The molecule has 0 spiro atoms. The van der Waals surface area contributed by atoms with E-state index in [0.29, 0.717) is 23.8 Å². The minimum atomic E-state index is -0.181. The van der Waals surface area contributed by atoms with E-state index < -0.39 is 0 Å². The van der Waals surface area contributed by atoms with Gasteiger partial charge in [-0.25, -0.2) is 4.79 Å². The third kappa shape index (κ3) is 5.80. The fraction of sp³-hybridized carbons (Fsp3) is 0.462. The first-order chi connectivity index (χ1) is 8.08. The van der Waals surface area contributed by atoms with Crippen molar-refractivity contribution in [2.75, 3.05) is 17.6 Å². The van der Waals surface area contributed by atoms with Crippen LogP contribution in [0.5, 0.6) is 0 Å². The van der Waals surface area contributed by atoms with Crippen LogP contribution < -0.4 is 16.4 Å². The summed E-state index contributed by atoms with van der Waals surface area (Å²) in [5.74, 6) is 0.675. The van der Waals surface area contributed by atoms with Gasteiger partial charge in [-0.1, -0.05) is 19.9 Å². The second kappa shape index (κ2) is 6.78. The zero-order chi connectivity index (χ0) is 12.7. The Morgan fingerprint density at radius 3 is 2.82 bits per heavy atom. The molecule has 4 nitrogen and oxygen atoms in total. The molecule has 0 unspecified atom stereocenters. The Balaban J connectivity index is 2.25. The molecule has 4 heteroatoms. The van der Waals surface area contributed by atoms with Gasteiger partial charge in [-0.15, -0.1) is 0 Å². The van der Waals surface area contributed by atoms with Crippen LogP contribution in [-0.2, 0) is 0 Å². The van der Waals surface area contributed by atoms with Gasteiger partial charge in [-0.05, 0) is 37.0 Å². The average Bonchev–Trinajstić information content (AvgIpc) is 2.24. The largest absolute Gasteiger partial charge is 0.399 e. The second-order valence-corrected chi connectivity index (χ2v) is 4.54. The molecule has 0 radical (unpaired) electrons. The maximum Gasteiger partial charge on any atom is 0.319 e. The highest BCUT2D eigenvalue weighted by Crippen LogP contribution is 2.11. The molecular formula is C13H21N3O. The Hall–Kier alpha value is -1.71. The molecule has 0 bridgehead atoms. The fourth-order valence-electron chi connectivity index (χ4n) is 1.50. The summed E-state index contributed by atoms with van der Waals surface area (Å²) in [6.07, 6.45) is 2.13. The first-order valence-electron chi connectivity index (χ1n) is 5.98. The number of nitrogens with one attached hydrogen (secondary N) is 2. The molecule has 0 saturated carbocycles. The van der Waals surface area contributed by atoms with E-state index in [-0.39, 0.29) is 6.03 Å². The number of benzene rings is 1. The summed E-state index contributed by atoms with van der Waals surface area (Å²) in [6.45, 7) is 5.05. The Labute approximate surface area is 103 Å². The molecule has 0 fully saturated rings. The summed E-state index contributed by atoms with van der Waals surface area (Å²) in [5.41, 5.74) is 6.97. The number of amides is 2. The lowest BCUT2D eigenvalue weighted by Gasteiger charge is -2.08. The number of carbonyl (C=O) groups excluding carboxylic acids is 1. The molecule has 0 aliphatic rings. The normalized spacial score (nSPS) is 10.3. The van der Waals surface area contributed by atoms with Gasteiger partial charge in [0.05, 0.1) is 0 Å². The predicted octanol–water partition coefficient (Wildman–Crippen LogP) is 2.83. The van der Waals surface area contributed by atoms with E-state index in [0.717, 1.165) is 12.8 Å². The molecule has 94 valence electrons. The summed E-state index contributed by atoms with van der Waals surface area (Å²) in [6, 6.07) is 6.95. The molecule has 2 amide bonds. The molecule has 1 aromatic carbocycles. The SMILES string of the molecule is CC(C)CCCNC(=O)Nc1cccc(N)c1. The Morgan fingerprint density at radius 1 is 1.41 bits per heavy atom. The number of carbonyl (C=O) groups is 1. The third-order valence-electron chi connectivity index (χ3n) is 2.39. The molecule has 1 aromatic rings. The smallest absolute Gasteiger partial charge is 0.319 e. The molecule has 0 heterocycles. The molecule has 0 atom stereocenters. The lowest BCUT2D eigenvalue weighted by Crippen LogP contribution is -2.29. The van der Waals surface area contributed by atoms with Crippen LogP contribution >= 0.6 is 0 Å². The van der Waals surface area contributed by atoms with E-state index in [2.05, 4.69) is 24.5 Å². The standard InChI is InChI=1S/C13H21N3O/c1-10(2)5-4-8-15-13(17)16-12-7-3-6-11(14)9-12/h3,6-7,9-10H,4-5,8,14H2,1-2H3,(H2,15,16,17). The number of rotatable bonds is 5. The topological polar surface area (TPSA) is 67.2 Å². The van der Waals surface area contributed by atoms with Crippen molar-refractivity contribution in [3.8, 4) is 0 Å². The van der Waals surface area contributed by atoms with Crippen LogP contribution in [0, 0.1) is 5.92 Å². The van der Waals surface area contributed by atoms with Gasteiger partial charge < -0.3 is 16.4 Å². The summed E-state index contributed by atoms with van der Waals surface area (Å²) in [5, 5.41) is 5.56. The van der Waals surface area contributed by atoms with Gasteiger partial charge in [0, 0.05) is 17.9 Å². The Bertz CT molecular complexity index is 363. The first-order valence-corrected chi connectivity index (χ1v) is 5.98. The van der Waals surface area contributed by atoms with Crippen LogP contribution in [0.4, 0.5) is 16.2 Å². The number of anilines is 2. The monoisotopic (exact) mass is 235 g/mol. The van der Waals surface area contributed by atoms with Crippen molar-refractivity contribution in [1.82, 2.24) is 5.32 Å². The number of urea groups is 1. The molecule has 0 saturated heterocycles. The van der Waals surface area contributed by atoms with E-state index in [9.17, 15) is 4.79 Å². The summed E-state index contributed by atoms with van der Waals surface area (Å²) >= 11 is 0. The quantitative estimate of drug-likeness (QED) is 0.542. The summed E-state index contributed by atoms with van der Waals surface area (Å²) in [7, 11) is 0. The molecule has 4 N–H and O–H groups in total. The van der Waals surface area contributed by atoms with Crippen molar-refractivity contribution in [3.63, 3.8) is 0 Å². The number of hydrogen-bond donors (Lipinski definition) is 3. The number of nitrogen functional groups attached to an aromatic ring is 1. The van der Waals surface area contributed by atoms with E-state index >= 15 is 0 Å². The van der Waals surface area contributed by atoms with E-state index in [4.69, 9.17) is 5.73 Å². The van der Waals surface area contributed by atoms with Crippen molar-refractivity contribution in [2.45, 2.75) is 26.7 Å². The predicted molar refractivity (Wildman–Crippen MR) is 71.9 cm³/mol. The highest BCUT2D eigenvalue weighted by molar-refractivity contribution is 5.89. The number of nitrogens with two attached hydrogens (primary N) is 1. The van der Waals surface area contributed by atoms with Gasteiger partial charge in [-0.3, -0.25) is 0 Å². The van der Waals surface area contributed by atoms with Crippen LogP contribution in [0.15, 0.2) is 24.3 Å². The fourth-order valence-corrected chi connectivity index (χ4v) is 1.50. The Kier molecular flexibility index (Phi) is 5.33. The van der Waals surface area contributed by atoms with E-state index in [1.165, 1.54) is 0 Å². The zero-order valence-electron chi connectivity index (χ0n) is 10.5. The lowest BCUT2D eigenvalue weighted by molar-refractivity contribution is 0.251. The van der Waals surface area contributed by atoms with Crippen LogP contribution in [0.2, 0.25) is 0 Å². The van der Waals surface area contributed by atoms with E-state index in [1.54, 1.807) is 12.1 Å². The van der Waals surface area contributed by atoms with Crippen LogP contribution in [0.3, 0.4) is 0 Å². The van der Waals surface area contributed by atoms with Gasteiger partial charge in [-0.2, -0.15) is 0 Å². The van der Waals surface area contributed by atoms with Crippen LogP contribution in [-0.4, -0.2) is 12.6 Å². The van der Waals surface area contributed by atoms with Crippen LogP contribution in [0.25, 0.3) is 0 Å². The van der Waals surface area contributed by atoms with E-state index in [1.807, 2.05) is 12.1 Å². The van der Waals surface area contributed by atoms with Gasteiger partial charge in [0.15, 0.2) is 0 Å². The molecular weight excluding hydrogens is 214 g/mol. The first kappa shape index (κ1) is 13.4. The zero-order valence-corrected chi connectivity index (χ0v) is 10.5. The summed E-state index contributed by atoms with van der Waals surface area (Å²) in [4.78, 5) is 11.5. The molecule has 0 aliphatic heterocycles. The van der Waals surface area contributed by atoms with Gasteiger partial charge in [0.1, 0.15) is 0 Å². The van der Waals surface area contributed by atoms with Crippen molar-refractivity contribution in [2.24, 2.45) is 5.92 Å². The lowest BCUT2D eigenvalue weighted by atomic mass is 10.1. The second-order valence-electron chi connectivity index (χ2n) is 4.54. The molecule has 1 rings (SSSR count). The number of hydrogen-bond acceptors (Lipinski definition) is 2. The third-order valence-corrected chi connectivity index (χ3v) is 2.39. The van der Waals surface area contributed by atoms with Gasteiger partial charge in [0.25, 0.3) is 0 Å². The molecule has 17 heavy (non-hydrogen) atoms. The summed E-state index contributed by atoms with van der Waals surface area (Å²) < 4.78 is 0. The highest BCUT2D eigenvalue weighted by Gasteiger charge is 2.01. The minimum Gasteiger partial charge on any atom is -0.399 e. The van der Waals surface area contributed by atoms with Crippen molar-refractivity contribution >= 4 is 17.4 Å². The highest BCUT2D eigenvalue weighted by atomic mass is 16.2. The molecule has 0 aliphatic carbocycles. The van der Waals surface area contributed by atoms with Crippen molar-refractivity contribution in [3.05, 3.63) is 24.3 Å². The maximum absolute atomic E-state index is 11.5.